The number of amides is 7. The number of halogens is 1. The molecule has 3 rings (SSSR count). The van der Waals surface area contributed by atoms with E-state index in [4.69, 9.17) is 23.1 Å². The van der Waals surface area contributed by atoms with E-state index in [0.717, 1.165) is 16.5 Å². The molecule has 1 aliphatic rings. The first-order chi connectivity index (χ1) is 21.9. The first kappa shape index (κ1) is 36.1. The largest absolute Gasteiger partial charge is 0.391 e. The lowest BCUT2D eigenvalue weighted by molar-refractivity contribution is -0.147. The quantitative estimate of drug-likeness (QED) is 0.0863. The Morgan fingerprint density at radius 2 is 1.78 bits per heavy atom. The third kappa shape index (κ3) is 10.1. The van der Waals surface area contributed by atoms with Gasteiger partial charge in [0.1, 0.15) is 30.0 Å². The van der Waals surface area contributed by atoms with Crippen LogP contribution in [0, 0.1) is 0 Å². The Morgan fingerprint density at radius 3 is 2.46 bits per heavy atom. The van der Waals surface area contributed by atoms with Crippen LogP contribution in [-0.2, 0) is 30.4 Å². The highest BCUT2D eigenvalue weighted by molar-refractivity contribution is 6.27. The summed E-state index contributed by atoms with van der Waals surface area (Å²) in [5.41, 5.74) is 12.4. The molecule has 0 aliphatic carbocycles. The van der Waals surface area contributed by atoms with Crippen molar-refractivity contribution in [2.75, 3.05) is 19.0 Å². The zero-order chi connectivity index (χ0) is 33.8. The number of aryl methyl sites for hydroxylation is 1. The van der Waals surface area contributed by atoms with Crippen LogP contribution in [0.4, 0.5) is 4.79 Å². The number of hydrogen-bond donors (Lipinski definition) is 8. The zero-order valence-corrected chi connectivity index (χ0v) is 26.5. The van der Waals surface area contributed by atoms with Crippen LogP contribution in [0.5, 0.6) is 0 Å². The third-order valence-corrected chi connectivity index (χ3v) is 8.16. The van der Waals surface area contributed by atoms with Gasteiger partial charge in [-0.15, -0.1) is 11.6 Å². The molecular formula is C30H43ClN8O7. The van der Waals surface area contributed by atoms with Gasteiger partial charge in [0.05, 0.1) is 6.10 Å². The van der Waals surface area contributed by atoms with Gasteiger partial charge in [0.25, 0.3) is 0 Å². The standard InChI is InChI=1S/C30H43ClN8O7/c1-17(40)25(38-24(41)15-31)29(45)39-14-5-4-10-23(39)28(44)37-22(12-11-18-16-35-20-8-3-2-7-19(18)20)27(43)36-21(26(32)42)9-6-13-34-30(33)46/h2-3,7-8,16-17,21-23,25,35,40H,4-6,9-15H2,1H3,(H2,32,42)(H,36,43)(H,37,44)(H,38,41)(H3,33,34,46)/t17?,21-,22-,23-,25-/m0/s1. The fraction of sp³-hybridized carbons (Fsp3) is 0.533. The van der Waals surface area contributed by atoms with E-state index in [0.29, 0.717) is 32.1 Å². The summed E-state index contributed by atoms with van der Waals surface area (Å²) in [7, 11) is 0. The smallest absolute Gasteiger partial charge is 0.312 e. The summed E-state index contributed by atoms with van der Waals surface area (Å²) in [6, 6.07) is 2.41. The van der Waals surface area contributed by atoms with Crippen LogP contribution in [0.2, 0.25) is 0 Å². The third-order valence-electron chi connectivity index (χ3n) is 7.91. The number of nitrogens with two attached hydrogens (primary N) is 2. The number of primary amides is 2. The zero-order valence-electron chi connectivity index (χ0n) is 25.7. The number of piperidine rings is 1. The Morgan fingerprint density at radius 1 is 1.04 bits per heavy atom. The molecule has 2 heterocycles. The number of nitrogens with zero attached hydrogens (tertiary/aromatic N) is 1. The van der Waals surface area contributed by atoms with E-state index in [9.17, 15) is 33.9 Å². The molecule has 1 aromatic carbocycles. The number of benzene rings is 1. The number of urea groups is 1. The van der Waals surface area contributed by atoms with E-state index in [-0.39, 0.29) is 25.9 Å². The summed E-state index contributed by atoms with van der Waals surface area (Å²) in [6.07, 6.45) is 3.03. The van der Waals surface area contributed by atoms with E-state index < -0.39 is 71.7 Å². The lowest BCUT2D eigenvalue weighted by Crippen LogP contribution is -2.61. The van der Waals surface area contributed by atoms with E-state index in [2.05, 4.69) is 26.3 Å². The molecule has 7 amide bonds. The topological polar surface area (TPSA) is 242 Å². The summed E-state index contributed by atoms with van der Waals surface area (Å²) in [5, 5.41) is 21.4. The molecule has 1 fully saturated rings. The maximum Gasteiger partial charge on any atom is 0.312 e. The lowest BCUT2D eigenvalue weighted by Gasteiger charge is -2.38. The number of nitrogens with one attached hydrogen (secondary N) is 5. The van der Waals surface area contributed by atoms with Crippen LogP contribution in [0.15, 0.2) is 30.5 Å². The molecule has 5 atom stereocenters. The number of hydrogen-bond acceptors (Lipinski definition) is 7. The molecule has 0 spiro atoms. The van der Waals surface area contributed by atoms with Crippen molar-refractivity contribution in [2.24, 2.45) is 11.5 Å². The van der Waals surface area contributed by atoms with Gasteiger partial charge in [-0.2, -0.15) is 0 Å². The summed E-state index contributed by atoms with van der Waals surface area (Å²) in [6.45, 7) is 1.71. The maximum absolute atomic E-state index is 13.8. The summed E-state index contributed by atoms with van der Waals surface area (Å²) < 4.78 is 0. The predicted molar refractivity (Wildman–Crippen MR) is 170 cm³/mol. The van der Waals surface area contributed by atoms with Crippen molar-refractivity contribution in [1.82, 2.24) is 31.2 Å². The van der Waals surface area contributed by atoms with Crippen LogP contribution in [0.1, 0.15) is 51.0 Å². The first-order valence-electron chi connectivity index (χ1n) is 15.2. The highest BCUT2D eigenvalue weighted by Gasteiger charge is 2.39. The molecule has 1 saturated heterocycles. The second-order valence-electron chi connectivity index (χ2n) is 11.3. The number of likely N-dealkylation sites (tertiary alicyclic amines) is 1. The van der Waals surface area contributed by atoms with Crippen molar-refractivity contribution >= 4 is 58.1 Å². The molecule has 252 valence electrons. The minimum absolute atomic E-state index is 0.115. The summed E-state index contributed by atoms with van der Waals surface area (Å²) in [4.78, 5) is 80.4. The van der Waals surface area contributed by atoms with Crippen LogP contribution in [0.3, 0.4) is 0 Å². The first-order valence-corrected chi connectivity index (χ1v) is 15.8. The van der Waals surface area contributed by atoms with Crippen molar-refractivity contribution in [3.8, 4) is 0 Å². The number of aromatic amines is 1. The molecule has 0 saturated carbocycles. The normalized spacial score (nSPS) is 17.3. The van der Waals surface area contributed by atoms with Crippen molar-refractivity contribution in [2.45, 2.75) is 82.1 Å². The molecule has 2 aromatic rings. The second kappa shape index (κ2) is 17.4. The van der Waals surface area contributed by atoms with Crippen molar-refractivity contribution in [1.29, 1.82) is 0 Å². The van der Waals surface area contributed by atoms with Gasteiger partial charge in [-0.05, 0) is 63.5 Å². The van der Waals surface area contributed by atoms with Gasteiger partial charge in [-0.3, -0.25) is 24.0 Å². The molecule has 46 heavy (non-hydrogen) atoms. The molecule has 10 N–H and O–H groups in total. The van der Waals surface area contributed by atoms with Gasteiger partial charge >= 0.3 is 6.03 Å². The Hall–Kier alpha value is -4.37. The van der Waals surface area contributed by atoms with Gasteiger partial charge in [0.15, 0.2) is 0 Å². The number of carbonyl (C=O) groups excluding carboxylic acids is 6. The average molecular weight is 663 g/mol. The Bertz CT molecular complexity index is 1400. The average Bonchev–Trinajstić information content (AvgIpc) is 3.45. The van der Waals surface area contributed by atoms with Gasteiger partial charge < -0.3 is 47.7 Å². The molecule has 0 radical (unpaired) electrons. The number of aromatic nitrogens is 1. The molecule has 0 bridgehead atoms. The second-order valence-corrected chi connectivity index (χ2v) is 11.6. The number of H-pyrrole nitrogens is 1. The van der Waals surface area contributed by atoms with Crippen molar-refractivity contribution < 1.29 is 33.9 Å². The Balaban J connectivity index is 1.81. The number of rotatable bonds is 16. The van der Waals surface area contributed by atoms with Crippen LogP contribution < -0.4 is 32.7 Å². The van der Waals surface area contributed by atoms with Gasteiger partial charge in [-0.1, -0.05) is 18.2 Å². The van der Waals surface area contributed by atoms with Crippen LogP contribution in [-0.4, -0.2) is 99.8 Å². The molecule has 15 nitrogen and oxygen atoms in total. The van der Waals surface area contributed by atoms with Gasteiger partial charge in [-0.25, -0.2) is 4.79 Å². The monoisotopic (exact) mass is 662 g/mol. The summed E-state index contributed by atoms with van der Waals surface area (Å²) in [5.74, 6) is -3.75. The van der Waals surface area contributed by atoms with E-state index in [1.54, 1.807) is 0 Å². The number of aliphatic hydroxyl groups excluding tert-OH is 1. The van der Waals surface area contributed by atoms with E-state index >= 15 is 0 Å². The number of carbonyl (C=O) groups is 6. The van der Waals surface area contributed by atoms with Crippen LogP contribution >= 0.6 is 11.6 Å². The van der Waals surface area contributed by atoms with Crippen molar-refractivity contribution in [3.63, 3.8) is 0 Å². The highest BCUT2D eigenvalue weighted by Crippen LogP contribution is 2.22. The van der Waals surface area contributed by atoms with Crippen LogP contribution in [0.25, 0.3) is 10.9 Å². The molecular weight excluding hydrogens is 620 g/mol. The minimum atomic E-state index is -1.32. The number of para-hydroxylation sites is 1. The fourth-order valence-corrected chi connectivity index (χ4v) is 5.58. The fourth-order valence-electron chi connectivity index (χ4n) is 5.50. The summed E-state index contributed by atoms with van der Waals surface area (Å²) >= 11 is 5.59. The predicted octanol–water partition coefficient (Wildman–Crippen LogP) is -0.511. The van der Waals surface area contributed by atoms with Gasteiger partial charge in [0, 0.05) is 30.2 Å². The van der Waals surface area contributed by atoms with Gasteiger partial charge in [0.2, 0.25) is 29.5 Å². The molecule has 1 unspecified atom stereocenters. The highest BCUT2D eigenvalue weighted by atomic mass is 35.5. The number of aliphatic hydroxyl groups is 1. The number of fused-ring (bicyclic) bond motifs is 1. The van der Waals surface area contributed by atoms with Crippen molar-refractivity contribution in [3.05, 3.63) is 36.0 Å². The Kier molecular flexibility index (Phi) is 13.6. The van der Waals surface area contributed by atoms with E-state index in [1.807, 2.05) is 30.5 Å². The maximum atomic E-state index is 13.8. The van der Waals surface area contributed by atoms with E-state index in [1.165, 1.54) is 11.8 Å². The molecule has 16 heteroatoms. The minimum Gasteiger partial charge on any atom is -0.391 e. The number of alkyl halides is 1. The SMILES string of the molecule is CC(O)[C@H](NC(=O)CCl)C(=O)N1CCCC[C@H]1C(=O)N[C@@H](CCc1c[nH]c2ccccc12)C(=O)N[C@@H](CCCNC(N)=O)C(N)=O. The molecule has 1 aliphatic heterocycles. The lowest BCUT2D eigenvalue weighted by atomic mass is 9.97. The molecule has 1 aromatic heterocycles. The Labute approximate surface area is 271 Å².